The van der Waals surface area contributed by atoms with Crippen molar-refractivity contribution in [3.63, 3.8) is 0 Å². The second-order valence-electron chi connectivity index (χ2n) is 9.07. The fraction of sp³-hybridized carbons (Fsp3) is 0.240. The molecule has 39 heavy (non-hydrogen) atoms. The van der Waals surface area contributed by atoms with Gasteiger partial charge in [0, 0.05) is 29.4 Å². The number of fused-ring (bicyclic) bond motifs is 1. The minimum absolute atomic E-state index is 0.0799. The van der Waals surface area contributed by atoms with Gasteiger partial charge < -0.3 is 14.6 Å². The summed E-state index contributed by atoms with van der Waals surface area (Å²) in [5.74, 6) is -2.24. The van der Waals surface area contributed by atoms with Crippen molar-refractivity contribution in [1.82, 2.24) is 40.1 Å². The van der Waals surface area contributed by atoms with Gasteiger partial charge in [0.2, 0.25) is 5.91 Å². The van der Waals surface area contributed by atoms with E-state index in [-0.39, 0.29) is 28.1 Å². The molecule has 6 rings (SSSR count). The summed E-state index contributed by atoms with van der Waals surface area (Å²) >= 11 is 6.09. The molecule has 1 amide bonds. The van der Waals surface area contributed by atoms with Crippen LogP contribution in [0.4, 0.5) is 8.78 Å². The number of amides is 1. The summed E-state index contributed by atoms with van der Waals surface area (Å²) in [7, 11) is 1.14. The monoisotopic (exact) mass is 552 g/mol. The van der Waals surface area contributed by atoms with Crippen LogP contribution >= 0.6 is 11.6 Å². The van der Waals surface area contributed by atoms with Crippen molar-refractivity contribution in [2.24, 2.45) is 0 Å². The predicted molar refractivity (Wildman–Crippen MR) is 132 cm³/mol. The van der Waals surface area contributed by atoms with Crippen LogP contribution in [0.5, 0.6) is 0 Å². The van der Waals surface area contributed by atoms with Crippen LogP contribution in [0.25, 0.3) is 22.5 Å². The third-order valence-electron chi connectivity index (χ3n) is 6.97. The fourth-order valence-electron chi connectivity index (χ4n) is 5.24. The molecule has 0 unspecified atom stereocenters. The number of benzene rings is 1. The SMILES string of the molecule is COC(=O)c1nccc(-c2cnc([C@@H]3CC[C@@H]4CC(c5c(-n6cnnn6)ccc(Cl)c5F)=CC(=O)N43)[nH]2)c1F. The largest absolute Gasteiger partial charge is 0.464 e. The van der Waals surface area contributed by atoms with Crippen molar-refractivity contribution in [3.8, 4) is 16.9 Å². The van der Waals surface area contributed by atoms with E-state index < -0.39 is 29.3 Å². The van der Waals surface area contributed by atoms with E-state index in [9.17, 15) is 14.0 Å². The molecule has 2 aliphatic rings. The van der Waals surface area contributed by atoms with Crippen LogP contribution in [0.3, 0.4) is 0 Å². The van der Waals surface area contributed by atoms with Gasteiger partial charge in [-0.15, -0.1) is 5.10 Å². The van der Waals surface area contributed by atoms with Gasteiger partial charge in [-0.2, -0.15) is 4.68 Å². The van der Waals surface area contributed by atoms with E-state index in [0.29, 0.717) is 42.0 Å². The molecule has 1 N–H and O–H groups in total. The van der Waals surface area contributed by atoms with Gasteiger partial charge in [0.25, 0.3) is 0 Å². The Morgan fingerprint density at radius 1 is 1.18 bits per heavy atom. The number of aromatic nitrogens is 7. The maximum atomic E-state index is 15.3. The molecule has 1 aromatic carbocycles. The van der Waals surface area contributed by atoms with Gasteiger partial charge in [-0.3, -0.25) is 4.79 Å². The van der Waals surface area contributed by atoms with Gasteiger partial charge in [-0.25, -0.2) is 23.5 Å². The van der Waals surface area contributed by atoms with Crippen molar-refractivity contribution in [2.45, 2.75) is 31.3 Å². The third kappa shape index (κ3) is 4.14. The molecule has 0 aliphatic carbocycles. The van der Waals surface area contributed by atoms with Crippen LogP contribution in [-0.4, -0.2) is 65.1 Å². The van der Waals surface area contributed by atoms with E-state index in [4.69, 9.17) is 11.6 Å². The number of rotatable bonds is 5. The lowest BCUT2D eigenvalue weighted by Crippen LogP contribution is -2.39. The Balaban J connectivity index is 1.32. The van der Waals surface area contributed by atoms with Crippen LogP contribution in [0.1, 0.15) is 47.2 Å². The second kappa shape index (κ2) is 9.66. The summed E-state index contributed by atoms with van der Waals surface area (Å²) in [6.45, 7) is 0. The van der Waals surface area contributed by atoms with E-state index in [1.165, 1.54) is 41.6 Å². The Kier molecular flexibility index (Phi) is 6.14. The fourth-order valence-corrected chi connectivity index (χ4v) is 5.40. The van der Waals surface area contributed by atoms with Gasteiger partial charge in [0.1, 0.15) is 12.2 Å². The summed E-state index contributed by atoms with van der Waals surface area (Å²) in [4.78, 5) is 38.2. The summed E-state index contributed by atoms with van der Waals surface area (Å²) < 4.78 is 36.2. The number of aromatic amines is 1. The van der Waals surface area contributed by atoms with Gasteiger partial charge in [-0.1, -0.05) is 11.6 Å². The number of carbonyl (C=O) groups is 2. The van der Waals surface area contributed by atoms with Crippen molar-refractivity contribution in [3.05, 3.63) is 76.7 Å². The third-order valence-corrected chi connectivity index (χ3v) is 7.26. The average Bonchev–Trinajstić information content (AvgIpc) is 3.71. The van der Waals surface area contributed by atoms with E-state index in [0.717, 1.165) is 7.11 Å². The number of imidazole rings is 1. The van der Waals surface area contributed by atoms with Crippen molar-refractivity contribution in [2.75, 3.05) is 7.11 Å². The van der Waals surface area contributed by atoms with Gasteiger partial charge in [0.05, 0.1) is 35.8 Å². The van der Waals surface area contributed by atoms with Gasteiger partial charge >= 0.3 is 5.97 Å². The van der Waals surface area contributed by atoms with Crippen LogP contribution in [0.2, 0.25) is 5.02 Å². The lowest BCUT2D eigenvalue weighted by atomic mass is 9.92. The first kappa shape index (κ1) is 24.8. The van der Waals surface area contributed by atoms with E-state index in [1.807, 2.05) is 0 Å². The van der Waals surface area contributed by atoms with E-state index in [2.05, 4.69) is 35.2 Å². The zero-order valence-electron chi connectivity index (χ0n) is 20.3. The molecule has 1 saturated heterocycles. The first-order valence-corrected chi connectivity index (χ1v) is 12.3. The van der Waals surface area contributed by atoms with Gasteiger partial charge in [0.15, 0.2) is 17.3 Å². The molecule has 0 radical (unpaired) electrons. The first-order chi connectivity index (χ1) is 18.9. The molecule has 5 heterocycles. The molecule has 0 spiro atoms. The zero-order chi connectivity index (χ0) is 27.3. The lowest BCUT2D eigenvalue weighted by molar-refractivity contribution is -0.129. The Labute approximate surface area is 224 Å². The number of methoxy groups -OCH3 is 1. The average molecular weight is 553 g/mol. The predicted octanol–water partition coefficient (Wildman–Crippen LogP) is 3.69. The van der Waals surface area contributed by atoms with Crippen molar-refractivity contribution < 1.29 is 23.1 Å². The molecule has 3 aromatic heterocycles. The number of carbonyl (C=O) groups excluding carboxylic acids is 2. The maximum Gasteiger partial charge on any atom is 0.359 e. The Hall–Kier alpha value is -4.52. The van der Waals surface area contributed by atoms with E-state index >= 15 is 4.39 Å². The van der Waals surface area contributed by atoms with Crippen LogP contribution in [0, 0.1) is 11.6 Å². The minimum atomic E-state index is -0.895. The molecule has 0 saturated carbocycles. The normalized spacial score (nSPS) is 18.7. The first-order valence-electron chi connectivity index (χ1n) is 11.9. The number of esters is 1. The molecule has 0 bridgehead atoms. The van der Waals surface area contributed by atoms with Crippen LogP contribution in [-0.2, 0) is 9.53 Å². The highest BCUT2D eigenvalue weighted by Gasteiger charge is 2.42. The summed E-state index contributed by atoms with van der Waals surface area (Å²) in [6.07, 6.45) is 7.09. The number of ether oxygens (including phenoxy) is 1. The summed E-state index contributed by atoms with van der Waals surface area (Å²) in [5, 5.41) is 11.0. The van der Waals surface area contributed by atoms with Crippen molar-refractivity contribution >= 4 is 29.1 Å². The minimum Gasteiger partial charge on any atom is -0.464 e. The molecule has 11 nitrogen and oxygen atoms in total. The standard InChI is InChI=1S/C25H19ClF2N8O3/c1-39-25(38)23-21(27)14(6-7-29-23)16-10-30-24(32-16)18-4-2-13-8-12(9-19(37)36(13)18)20-17(35-11-31-33-34-35)5-3-15(26)22(20)28/h3,5-7,9-11,13,18H,2,4,8H2,1H3,(H,30,32)/t13-,18+/m1/s1. The summed E-state index contributed by atoms with van der Waals surface area (Å²) in [5.41, 5.74) is 1.00. The lowest BCUT2D eigenvalue weighted by Gasteiger charge is -2.33. The maximum absolute atomic E-state index is 15.3. The number of H-pyrrole nitrogens is 1. The number of halogens is 3. The zero-order valence-corrected chi connectivity index (χ0v) is 21.1. The number of hydrogen-bond acceptors (Lipinski definition) is 8. The van der Waals surface area contributed by atoms with Crippen LogP contribution in [0.15, 0.2) is 43.0 Å². The highest BCUT2D eigenvalue weighted by molar-refractivity contribution is 6.31. The molecule has 1 fully saturated rings. The molecule has 2 atom stereocenters. The number of tetrazole rings is 1. The smallest absolute Gasteiger partial charge is 0.359 e. The Morgan fingerprint density at radius 3 is 2.79 bits per heavy atom. The van der Waals surface area contributed by atoms with Crippen LogP contribution < -0.4 is 0 Å². The molecule has 198 valence electrons. The highest BCUT2D eigenvalue weighted by atomic mass is 35.5. The molecule has 2 aliphatic heterocycles. The quantitative estimate of drug-likeness (QED) is 0.371. The number of nitrogens with one attached hydrogen (secondary N) is 1. The number of pyridine rings is 1. The molecule has 4 aromatic rings. The number of hydrogen-bond donors (Lipinski definition) is 1. The molecular formula is C25H19ClF2N8O3. The highest BCUT2D eigenvalue weighted by Crippen LogP contribution is 2.44. The molecular weight excluding hydrogens is 534 g/mol. The second-order valence-corrected chi connectivity index (χ2v) is 9.48. The van der Waals surface area contributed by atoms with E-state index in [1.54, 1.807) is 11.0 Å². The molecule has 14 heteroatoms. The Morgan fingerprint density at radius 2 is 2.03 bits per heavy atom. The number of nitrogens with zero attached hydrogens (tertiary/aromatic N) is 7. The summed E-state index contributed by atoms with van der Waals surface area (Å²) in [6, 6.07) is 3.80. The van der Waals surface area contributed by atoms with Crippen molar-refractivity contribution in [1.29, 1.82) is 0 Å². The van der Waals surface area contributed by atoms with Gasteiger partial charge in [-0.05, 0) is 53.5 Å². The Bertz CT molecular complexity index is 1640. The topological polar surface area (TPSA) is 132 Å².